The van der Waals surface area contributed by atoms with Gasteiger partial charge in [0.15, 0.2) is 0 Å². The number of rotatable bonds is 5. The van der Waals surface area contributed by atoms with E-state index in [2.05, 4.69) is 5.32 Å². The molecule has 0 unspecified atom stereocenters. The van der Waals surface area contributed by atoms with E-state index in [4.69, 9.17) is 0 Å². The maximum Gasteiger partial charge on any atom is 0.272 e. The van der Waals surface area contributed by atoms with Crippen molar-refractivity contribution in [1.82, 2.24) is 10.2 Å². The average molecular weight is 354 g/mol. The highest BCUT2D eigenvalue weighted by atomic mass is 35.5. The van der Waals surface area contributed by atoms with Crippen LogP contribution in [-0.2, 0) is 0 Å². The predicted molar refractivity (Wildman–Crippen MR) is 94.7 cm³/mol. The zero-order valence-electron chi connectivity index (χ0n) is 13.9. The number of hydrogen-bond acceptors (Lipinski definition) is 4. The molecule has 1 N–H and O–H groups in total. The molecule has 1 saturated carbocycles. The molecule has 1 aromatic rings. The molecular weight excluding hydrogens is 330 g/mol. The Kier molecular flexibility index (Phi) is 6.18. The summed E-state index contributed by atoms with van der Waals surface area (Å²) in [5, 5.41) is 14.5. The predicted octanol–water partition coefficient (Wildman–Crippen LogP) is 2.93. The first-order valence-corrected chi connectivity index (χ1v) is 8.32. The van der Waals surface area contributed by atoms with Crippen LogP contribution in [0.1, 0.15) is 41.6 Å². The highest BCUT2D eigenvalue weighted by molar-refractivity contribution is 5.94. The number of nitrogens with zero attached hydrogens (tertiary/aromatic N) is 2. The molecule has 2 aliphatic rings. The Labute approximate surface area is 148 Å². The number of amides is 1. The van der Waals surface area contributed by atoms with Crippen molar-refractivity contribution in [2.75, 3.05) is 19.6 Å². The lowest BCUT2D eigenvalue weighted by Crippen LogP contribution is -2.45. The third kappa shape index (κ3) is 4.45. The number of aryl methyl sites for hydroxylation is 1. The SMILES string of the molecule is Cc1cc(C(=O)N2CCC(NCC3CC3)CC2)ccc1[N+](=O)[O-].Cl. The summed E-state index contributed by atoms with van der Waals surface area (Å²) >= 11 is 0. The molecule has 1 saturated heterocycles. The van der Waals surface area contributed by atoms with Crippen LogP contribution in [-0.4, -0.2) is 41.4 Å². The van der Waals surface area contributed by atoms with E-state index >= 15 is 0 Å². The minimum absolute atomic E-state index is 0. The molecular formula is C17H24ClN3O3. The number of carbonyl (C=O) groups is 1. The van der Waals surface area contributed by atoms with Crippen molar-refractivity contribution in [2.45, 2.75) is 38.6 Å². The Morgan fingerprint density at radius 3 is 2.50 bits per heavy atom. The molecule has 0 bridgehead atoms. The van der Waals surface area contributed by atoms with Crippen LogP contribution in [0.3, 0.4) is 0 Å². The fourth-order valence-corrected chi connectivity index (χ4v) is 3.12. The van der Waals surface area contributed by atoms with Gasteiger partial charge in [-0.25, -0.2) is 0 Å². The number of nitro groups is 1. The molecule has 1 aliphatic heterocycles. The van der Waals surface area contributed by atoms with E-state index in [0.717, 1.165) is 38.4 Å². The van der Waals surface area contributed by atoms with Crippen molar-refractivity contribution in [3.63, 3.8) is 0 Å². The number of likely N-dealkylation sites (tertiary alicyclic amines) is 1. The second kappa shape index (κ2) is 7.94. The van der Waals surface area contributed by atoms with Gasteiger partial charge in [-0.05, 0) is 57.2 Å². The molecule has 24 heavy (non-hydrogen) atoms. The summed E-state index contributed by atoms with van der Waals surface area (Å²) in [6, 6.07) is 5.12. The second-order valence-corrected chi connectivity index (χ2v) is 6.68. The zero-order chi connectivity index (χ0) is 16.4. The standard InChI is InChI=1S/C17H23N3O3.ClH/c1-12-10-14(4-5-16(12)20(22)23)17(21)19-8-6-15(7-9-19)18-11-13-2-3-13;/h4-5,10,13,15,18H,2-3,6-9,11H2,1H3;1H. The monoisotopic (exact) mass is 353 g/mol. The number of nitro benzene ring substituents is 1. The molecule has 1 aromatic carbocycles. The second-order valence-electron chi connectivity index (χ2n) is 6.68. The third-order valence-electron chi connectivity index (χ3n) is 4.81. The highest BCUT2D eigenvalue weighted by Crippen LogP contribution is 2.28. The Balaban J connectivity index is 0.00000208. The molecule has 0 radical (unpaired) electrons. The van der Waals surface area contributed by atoms with Crippen molar-refractivity contribution in [1.29, 1.82) is 0 Å². The van der Waals surface area contributed by atoms with Gasteiger partial charge in [0.1, 0.15) is 0 Å². The van der Waals surface area contributed by atoms with Gasteiger partial charge in [-0.15, -0.1) is 12.4 Å². The largest absolute Gasteiger partial charge is 0.339 e. The number of halogens is 1. The first-order valence-electron chi connectivity index (χ1n) is 8.32. The van der Waals surface area contributed by atoms with E-state index in [1.54, 1.807) is 19.1 Å². The Bertz CT molecular complexity index is 611. The summed E-state index contributed by atoms with van der Waals surface area (Å²) in [7, 11) is 0. The fraction of sp³-hybridized carbons (Fsp3) is 0.588. The van der Waals surface area contributed by atoms with E-state index in [1.165, 1.54) is 18.9 Å². The quantitative estimate of drug-likeness (QED) is 0.652. The first kappa shape index (κ1) is 18.7. The van der Waals surface area contributed by atoms with E-state index in [1.807, 2.05) is 4.90 Å². The van der Waals surface area contributed by atoms with Crippen molar-refractivity contribution in [3.8, 4) is 0 Å². The summed E-state index contributed by atoms with van der Waals surface area (Å²) in [5.74, 6) is 0.849. The van der Waals surface area contributed by atoms with Gasteiger partial charge in [-0.2, -0.15) is 0 Å². The maximum absolute atomic E-state index is 12.6. The molecule has 1 amide bonds. The van der Waals surface area contributed by atoms with Crippen molar-refractivity contribution in [2.24, 2.45) is 5.92 Å². The van der Waals surface area contributed by atoms with Crippen molar-refractivity contribution < 1.29 is 9.72 Å². The summed E-state index contributed by atoms with van der Waals surface area (Å²) in [6.07, 6.45) is 4.66. The maximum atomic E-state index is 12.6. The van der Waals surface area contributed by atoms with Crippen molar-refractivity contribution >= 4 is 24.0 Å². The molecule has 0 aromatic heterocycles. The minimum Gasteiger partial charge on any atom is -0.339 e. The molecule has 2 fully saturated rings. The van der Waals surface area contributed by atoms with E-state index in [-0.39, 0.29) is 24.0 Å². The first-order chi connectivity index (χ1) is 11.0. The van der Waals surface area contributed by atoms with Crippen LogP contribution in [0.5, 0.6) is 0 Å². The molecule has 7 heteroatoms. The third-order valence-corrected chi connectivity index (χ3v) is 4.81. The number of nitrogens with one attached hydrogen (secondary N) is 1. The lowest BCUT2D eigenvalue weighted by atomic mass is 10.0. The molecule has 3 rings (SSSR count). The van der Waals surface area contributed by atoms with Crippen molar-refractivity contribution in [3.05, 3.63) is 39.4 Å². The average Bonchev–Trinajstić information content (AvgIpc) is 3.36. The normalized spacial score (nSPS) is 18.1. The summed E-state index contributed by atoms with van der Waals surface area (Å²) in [5.41, 5.74) is 1.13. The minimum atomic E-state index is -0.416. The van der Waals surface area contributed by atoms with Gasteiger partial charge in [0, 0.05) is 36.3 Å². The molecule has 6 nitrogen and oxygen atoms in total. The van der Waals surface area contributed by atoms with Crippen LogP contribution in [0.15, 0.2) is 18.2 Å². The van der Waals surface area contributed by atoms with Crippen LogP contribution < -0.4 is 5.32 Å². The fourth-order valence-electron chi connectivity index (χ4n) is 3.12. The molecule has 1 aliphatic carbocycles. The van der Waals surface area contributed by atoms with Gasteiger partial charge < -0.3 is 10.2 Å². The lowest BCUT2D eigenvalue weighted by Gasteiger charge is -2.32. The van der Waals surface area contributed by atoms with E-state index in [0.29, 0.717) is 17.2 Å². The Morgan fingerprint density at radius 2 is 1.96 bits per heavy atom. The summed E-state index contributed by atoms with van der Waals surface area (Å²) in [4.78, 5) is 24.9. The van der Waals surface area contributed by atoms with Gasteiger partial charge in [-0.1, -0.05) is 0 Å². The smallest absolute Gasteiger partial charge is 0.272 e. The van der Waals surface area contributed by atoms with Crippen LogP contribution in [0.2, 0.25) is 0 Å². The molecule has 1 heterocycles. The summed E-state index contributed by atoms with van der Waals surface area (Å²) < 4.78 is 0. The molecule has 132 valence electrons. The number of carbonyl (C=O) groups excluding carboxylic acids is 1. The van der Waals surface area contributed by atoms with Gasteiger partial charge >= 0.3 is 0 Å². The molecule has 0 spiro atoms. The van der Waals surface area contributed by atoms with E-state index in [9.17, 15) is 14.9 Å². The van der Waals surface area contributed by atoms with Gasteiger partial charge in [-0.3, -0.25) is 14.9 Å². The number of piperidine rings is 1. The van der Waals surface area contributed by atoms with Gasteiger partial charge in [0.2, 0.25) is 0 Å². The zero-order valence-corrected chi connectivity index (χ0v) is 14.7. The molecule has 0 atom stereocenters. The van der Waals surface area contributed by atoms with Gasteiger partial charge in [0.05, 0.1) is 4.92 Å². The number of benzene rings is 1. The van der Waals surface area contributed by atoms with Crippen LogP contribution >= 0.6 is 12.4 Å². The topological polar surface area (TPSA) is 75.5 Å². The Hall–Kier alpha value is -1.66. The van der Waals surface area contributed by atoms with Gasteiger partial charge in [0.25, 0.3) is 11.6 Å². The highest BCUT2D eigenvalue weighted by Gasteiger charge is 2.26. The summed E-state index contributed by atoms with van der Waals surface area (Å²) in [6.45, 7) is 4.28. The van der Waals surface area contributed by atoms with E-state index < -0.39 is 4.92 Å². The number of hydrogen-bond donors (Lipinski definition) is 1. The van der Waals surface area contributed by atoms with Crippen LogP contribution in [0.25, 0.3) is 0 Å². The lowest BCUT2D eigenvalue weighted by molar-refractivity contribution is -0.385. The van der Waals surface area contributed by atoms with Crippen LogP contribution in [0, 0.1) is 23.0 Å². The Morgan fingerprint density at radius 1 is 1.29 bits per heavy atom. The van der Waals surface area contributed by atoms with Crippen LogP contribution in [0.4, 0.5) is 5.69 Å².